The molecule has 0 aromatic carbocycles. The summed E-state index contributed by atoms with van der Waals surface area (Å²) in [6.45, 7) is 2.91. The van der Waals surface area contributed by atoms with Crippen molar-refractivity contribution in [3.8, 4) is 0 Å². The Kier molecular flexibility index (Phi) is 4.89. The minimum absolute atomic E-state index is 0.0683. The Hall–Kier alpha value is -1.54. The first-order chi connectivity index (χ1) is 9.86. The minimum Gasteiger partial charge on any atom is -0.456 e. The van der Waals surface area contributed by atoms with Crippen LogP contribution < -0.4 is 10.6 Å². The summed E-state index contributed by atoms with van der Waals surface area (Å²) in [5, 5.41) is 5.58. The van der Waals surface area contributed by atoms with Crippen LogP contribution in [0.15, 0.2) is 10.5 Å². The molecule has 1 aromatic rings. The second-order valence-electron chi connectivity index (χ2n) is 4.92. The number of carbonyl (C=O) groups is 1. The lowest BCUT2D eigenvalue weighted by Crippen LogP contribution is -2.44. The average Bonchev–Trinajstić information content (AvgIpc) is 2.79. The van der Waals surface area contributed by atoms with Crippen molar-refractivity contribution < 1.29 is 27.1 Å². The molecule has 1 saturated heterocycles. The molecule has 1 aliphatic rings. The summed E-state index contributed by atoms with van der Waals surface area (Å²) in [6.07, 6.45) is -4.40. The van der Waals surface area contributed by atoms with E-state index in [-0.39, 0.29) is 36.2 Å². The summed E-state index contributed by atoms with van der Waals surface area (Å²) in [6, 6.07) is 1.18. The molecular weight excluding hydrogens is 289 g/mol. The van der Waals surface area contributed by atoms with Gasteiger partial charge in [-0.3, -0.25) is 4.79 Å². The first-order valence-electron chi connectivity index (χ1n) is 6.60. The third-order valence-electron chi connectivity index (χ3n) is 3.10. The predicted octanol–water partition coefficient (Wildman–Crippen LogP) is 1.60. The van der Waals surface area contributed by atoms with E-state index in [0.29, 0.717) is 19.8 Å². The van der Waals surface area contributed by atoms with Crippen molar-refractivity contribution in [1.82, 2.24) is 10.6 Å². The Labute approximate surface area is 119 Å². The van der Waals surface area contributed by atoms with Crippen LogP contribution in [0.25, 0.3) is 0 Å². The summed E-state index contributed by atoms with van der Waals surface area (Å²) < 4.78 is 48.0. The maximum absolute atomic E-state index is 12.7. The molecule has 2 heterocycles. The quantitative estimate of drug-likeness (QED) is 0.887. The highest BCUT2D eigenvalue weighted by Gasteiger charge is 2.38. The Morgan fingerprint density at radius 3 is 2.90 bits per heavy atom. The van der Waals surface area contributed by atoms with E-state index in [9.17, 15) is 18.0 Å². The van der Waals surface area contributed by atoms with Gasteiger partial charge in [0.05, 0.1) is 13.2 Å². The van der Waals surface area contributed by atoms with Crippen molar-refractivity contribution >= 4 is 5.91 Å². The number of ether oxygens (including phenoxy) is 1. The second-order valence-corrected chi connectivity index (χ2v) is 4.92. The van der Waals surface area contributed by atoms with E-state index in [1.165, 1.54) is 13.0 Å². The number of carbonyl (C=O) groups excluding carboxylic acids is 1. The number of hydrogen-bond donors (Lipinski definition) is 2. The lowest BCUT2D eigenvalue weighted by Gasteiger charge is -2.23. The molecule has 1 atom stereocenters. The van der Waals surface area contributed by atoms with Gasteiger partial charge in [-0.15, -0.1) is 0 Å². The van der Waals surface area contributed by atoms with E-state index in [1.54, 1.807) is 0 Å². The number of aryl methyl sites for hydroxylation is 1. The van der Waals surface area contributed by atoms with E-state index in [0.717, 1.165) is 0 Å². The number of halogens is 3. The van der Waals surface area contributed by atoms with Crippen molar-refractivity contribution in [3.05, 3.63) is 23.2 Å². The van der Waals surface area contributed by atoms with Crippen LogP contribution in [0.3, 0.4) is 0 Å². The Morgan fingerprint density at radius 2 is 2.29 bits per heavy atom. The summed E-state index contributed by atoms with van der Waals surface area (Å²) in [7, 11) is 0. The van der Waals surface area contributed by atoms with E-state index in [4.69, 9.17) is 4.74 Å². The van der Waals surface area contributed by atoms with Gasteiger partial charge in [0, 0.05) is 31.1 Å². The predicted molar refractivity (Wildman–Crippen MR) is 67.5 cm³/mol. The number of morpholine rings is 1. The fourth-order valence-electron chi connectivity index (χ4n) is 2.18. The normalized spacial score (nSPS) is 19.5. The Morgan fingerprint density at radius 1 is 1.52 bits per heavy atom. The van der Waals surface area contributed by atoms with Crippen molar-refractivity contribution in [1.29, 1.82) is 0 Å². The van der Waals surface area contributed by atoms with Gasteiger partial charge in [0.25, 0.3) is 0 Å². The maximum atomic E-state index is 12.7. The van der Waals surface area contributed by atoms with Crippen LogP contribution in [0.1, 0.15) is 23.5 Å². The van der Waals surface area contributed by atoms with Crippen LogP contribution >= 0.6 is 0 Å². The fourth-order valence-corrected chi connectivity index (χ4v) is 2.18. The summed E-state index contributed by atoms with van der Waals surface area (Å²) in [4.78, 5) is 11.7. The fraction of sp³-hybridized carbons (Fsp3) is 0.615. The molecule has 0 bridgehead atoms. The highest BCUT2D eigenvalue weighted by molar-refractivity contribution is 5.76. The molecular formula is C13H17F3N2O3. The number of hydrogen-bond acceptors (Lipinski definition) is 4. The van der Waals surface area contributed by atoms with Gasteiger partial charge in [0.2, 0.25) is 11.7 Å². The van der Waals surface area contributed by atoms with Gasteiger partial charge in [-0.05, 0) is 13.0 Å². The molecule has 118 valence electrons. The van der Waals surface area contributed by atoms with Gasteiger partial charge < -0.3 is 19.8 Å². The summed E-state index contributed by atoms with van der Waals surface area (Å²) >= 11 is 0. The van der Waals surface area contributed by atoms with E-state index < -0.39 is 11.9 Å². The molecule has 0 saturated carbocycles. The van der Waals surface area contributed by atoms with Crippen LogP contribution in [0.5, 0.6) is 0 Å². The molecule has 8 heteroatoms. The van der Waals surface area contributed by atoms with Gasteiger partial charge in [0.15, 0.2) is 0 Å². The van der Waals surface area contributed by atoms with Gasteiger partial charge in [-0.1, -0.05) is 0 Å². The Bertz CT molecular complexity index is 493. The van der Waals surface area contributed by atoms with Gasteiger partial charge in [-0.2, -0.15) is 13.2 Å². The number of nitrogens with one attached hydrogen (secondary N) is 2. The first kappa shape index (κ1) is 15.8. The topological polar surface area (TPSA) is 63.5 Å². The molecule has 1 aliphatic heterocycles. The lowest BCUT2D eigenvalue weighted by atomic mass is 10.2. The van der Waals surface area contributed by atoms with Gasteiger partial charge in [-0.25, -0.2) is 0 Å². The highest BCUT2D eigenvalue weighted by atomic mass is 19.4. The zero-order chi connectivity index (χ0) is 15.5. The number of rotatable bonds is 4. The zero-order valence-electron chi connectivity index (χ0n) is 11.5. The second kappa shape index (κ2) is 6.48. The zero-order valence-corrected chi connectivity index (χ0v) is 11.5. The molecule has 1 fully saturated rings. The molecule has 1 amide bonds. The van der Waals surface area contributed by atoms with Gasteiger partial charge in [0.1, 0.15) is 5.76 Å². The van der Waals surface area contributed by atoms with Crippen molar-refractivity contribution in [2.24, 2.45) is 0 Å². The van der Waals surface area contributed by atoms with Crippen LogP contribution in [-0.4, -0.2) is 31.7 Å². The number of furan rings is 1. The first-order valence-corrected chi connectivity index (χ1v) is 6.60. The van der Waals surface area contributed by atoms with E-state index in [1.807, 2.05) is 0 Å². The molecule has 2 rings (SSSR count). The Balaban J connectivity index is 1.89. The molecule has 21 heavy (non-hydrogen) atoms. The molecule has 0 spiro atoms. The van der Waals surface area contributed by atoms with Crippen LogP contribution in [-0.2, 0) is 22.3 Å². The molecule has 1 unspecified atom stereocenters. The van der Waals surface area contributed by atoms with Crippen LogP contribution in [0.4, 0.5) is 13.2 Å². The smallest absolute Gasteiger partial charge is 0.449 e. The average molecular weight is 306 g/mol. The standard InChI is InChI=1S/C13H17F3N2O3/c1-8-4-9(12(21-8)13(14,15)16)6-18-11(19)5-10-7-20-3-2-17-10/h4,10,17H,2-3,5-7H2,1H3,(H,18,19). The largest absolute Gasteiger partial charge is 0.456 e. The lowest BCUT2D eigenvalue weighted by molar-refractivity contribution is -0.154. The monoisotopic (exact) mass is 306 g/mol. The molecule has 2 N–H and O–H groups in total. The van der Waals surface area contributed by atoms with Crippen LogP contribution in [0, 0.1) is 6.92 Å². The minimum atomic E-state index is -4.56. The third-order valence-corrected chi connectivity index (χ3v) is 3.10. The molecule has 5 nitrogen and oxygen atoms in total. The van der Waals surface area contributed by atoms with Crippen LogP contribution in [0.2, 0.25) is 0 Å². The SMILES string of the molecule is Cc1cc(CNC(=O)CC2COCCN2)c(C(F)(F)F)o1. The number of amides is 1. The van der Waals surface area contributed by atoms with Crippen molar-refractivity contribution in [2.75, 3.05) is 19.8 Å². The maximum Gasteiger partial charge on any atom is 0.449 e. The van der Waals surface area contributed by atoms with Crippen molar-refractivity contribution in [3.63, 3.8) is 0 Å². The van der Waals surface area contributed by atoms with Crippen molar-refractivity contribution in [2.45, 2.75) is 32.1 Å². The summed E-state index contributed by atoms with van der Waals surface area (Å²) in [5.41, 5.74) is -0.0683. The summed E-state index contributed by atoms with van der Waals surface area (Å²) in [5.74, 6) is -1.22. The van der Waals surface area contributed by atoms with Gasteiger partial charge >= 0.3 is 6.18 Å². The molecule has 0 radical (unpaired) electrons. The highest BCUT2D eigenvalue weighted by Crippen LogP contribution is 2.33. The number of alkyl halides is 3. The molecule has 1 aromatic heterocycles. The third kappa shape index (κ3) is 4.47. The van der Waals surface area contributed by atoms with E-state index >= 15 is 0 Å². The molecule has 0 aliphatic carbocycles. The van der Waals surface area contributed by atoms with E-state index in [2.05, 4.69) is 15.1 Å².